The minimum atomic E-state index is 0.796. The molecule has 0 aliphatic rings. The lowest BCUT2D eigenvalue weighted by Gasteiger charge is -1.97. The fourth-order valence-electron chi connectivity index (χ4n) is 1.73. The van der Waals surface area contributed by atoms with Crippen LogP contribution in [0.5, 0.6) is 0 Å². The lowest BCUT2D eigenvalue weighted by Crippen LogP contribution is -2.12. The largest absolute Gasteiger partial charge is 0.344 e. The molecule has 0 amide bonds. The van der Waals surface area contributed by atoms with Gasteiger partial charge in [-0.1, -0.05) is 37.3 Å². The van der Waals surface area contributed by atoms with Crippen molar-refractivity contribution in [1.82, 2.24) is 15.3 Å². The molecule has 2 rings (SSSR count). The fourth-order valence-corrected chi connectivity index (χ4v) is 1.73. The van der Waals surface area contributed by atoms with Crippen LogP contribution in [0.3, 0.4) is 0 Å². The molecule has 0 aliphatic carbocycles. The predicted octanol–water partition coefficient (Wildman–Crippen LogP) is 2.49. The second kappa shape index (κ2) is 4.94. The van der Waals surface area contributed by atoms with Gasteiger partial charge < -0.3 is 10.3 Å². The number of benzene rings is 1. The number of aryl methyl sites for hydroxylation is 1. The zero-order valence-electron chi connectivity index (χ0n) is 9.75. The molecule has 0 unspecified atom stereocenters. The summed E-state index contributed by atoms with van der Waals surface area (Å²) < 4.78 is 0. The van der Waals surface area contributed by atoms with Crippen molar-refractivity contribution < 1.29 is 0 Å². The van der Waals surface area contributed by atoms with Crippen molar-refractivity contribution in [3.63, 3.8) is 0 Å². The minimum Gasteiger partial charge on any atom is -0.344 e. The molecule has 2 N–H and O–H groups in total. The second-order valence-electron chi connectivity index (χ2n) is 3.80. The molecule has 16 heavy (non-hydrogen) atoms. The van der Waals surface area contributed by atoms with E-state index in [0.29, 0.717) is 0 Å². The second-order valence-corrected chi connectivity index (χ2v) is 3.80. The molecule has 0 atom stereocenters. The van der Waals surface area contributed by atoms with Crippen LogP contribution < -0.4 is 5.32 Å². The van der Waals surface area contributed by atoms with Crippen molar-refractivity contribution in [1.29, 1.82) is 0 Å². The van der Waals surface area contributed by atoms with E-state index in [2.05, 4.69) is 41.3 Å². The van der Waals surface area contributed by atoms with Gasteiger partial charge in [-0.05, 0) is 13.5 Å². The van der Waals surface area contributed by atoms with E-state index in [-0.39, 0.29) is 0 Å². The van der Waals surface area contributed by atoms with E-state index in [9.17, 15) is 0 Å². The third-order valence-corrected chi connectivity index (χ3v) is 2.52. The lowest BCUT2D eigenvalue weighted by molar-refractivity contribution is 0.697. The first-order valence-corrected chi connectivity index (χ1v) is 5.63. The highest BCUT2D eigenvalue weighted by Gasteiger charge is 2.07. The molecule has 0 spiro atoms. The topological polar surface area (TPSA) is 40.7 Å². The highest BCUT2D eigenvalue weighted by atomic mass is 15.0. The number of imidazole rings is 1. The Hall–Kier alpha value is -1.61. The summed E-state index contributed by atoms with van der Waals surface area (Å²) in [5.41, 5.74) is 3.34. The molecule has 84 valence electrons. The van der Waals surface area contributed by atoms with Gasteiger partial charge in [0, 0.05) is 11.3 Å². The Kier molecular flexibility index (Phi) is 3.37. The molecule has 0 aliphatic heterocycles. The number of hydrogen-bond donors (Lipinski definition) is 2. The van der Waals surface area contributed by atoms with Gasteiger partial charge in [0.15, 0.2) is 0 Å². The molecule has 1 heterocycles. The van der Waals surface area contributed by atoms with Crippen LogP contribution in [0.25, 0.3) is 11.3 Å². The van der Waals surface area contributed by atoms with E-state index in [4.69, 9.17) is 0 Å². The molecule has 1 aromatic heterocycles. The Morgan fingerprint density at radius 2 is 2.00 bits per heavy atom. The highest BCUT2D eigenvalue weighted by Crippen LogP contribution is 2.20. The lowest BCUT2D eigenvalue weighted by atomic mass is 10.1. The number of H-pyrrole nitrogens is 1. The zero-order valence-corrected chi connectivity index (χ0v) is 9.75. The number of aromatic amines is 1. The van der Waals surface area contributed by atoms with E-state index in [0.717, 1.165) is 30.3 Å². The summed E-state index contributed by atoms with van der Waals surface area (Å²) in [7, 11) is 0. The van der Waals surface area contributed by atoms with Crippen LogP contribution in [0.1, 0.15) is 18.4 Å². The van der Waals surface area contributed by atoms with Gasteiger partial charge in [-0.2, -0.15) is 0 Å². The molecular formula is C13H17N3. The third kappa shape index (κ3) is 2.31. The Morgan fingerprint density at radius 1 is 1.25 bits per heavy atom. The molecule has 0 radical (unpaired) electrons. The van der Waals surface area contributed by atoms with Crippen molar-refractivity contribution in [2.45, 2.75) is 20.4 Å². The smallest absolute Gasteiger partial charge is 0.121 e. The molecule has 2 aromatic rings. The fraction of sp³-hybridized carbons (Fsp3) is 0.308. The summed E-state index contributed by atoms with van der Waals surface area (Å²) >= 11 is 0. The van der Waals surface area contributed by atoms with Crippen LogP contribution in [0.2, 0.25) is 0 Å². The van der Waals surface area contributed by atoms with E-state index >= 15 is 0 Å². The quantitative estimate of drug-likeness (QED) is 0.822. The van der Waals surface area contributed by atoms with E-state index in [1.54, 1.807) is 0 Å². The molecule has 3 nitrogen and oxygen atoms in total. The first-order chi connectivity index (χ1) is 7.81. The van der Waals surface area contributed by atoms with Crippen LogP contribution in [-0.2, 0) is 6.54 Å². The molecule has 3 heteroatoms. The van der Waals surface area contributed by atoms with Gasteiger partial charge in [0.1, 0.15) is 5.82 Å². The van der Waals surface area contributed by atoms with Gasteiger partial charge in [0.2, 0.25) is 0 Å². The summed E-state index contributed by atoms with van der Waals surface area (Å²) in [6.07, 6.45) is 0. The number of nitrogens with zero attached hydrogens (tertiary/aromatic N) is 1. The average Bonchev–Trinajstić information content (AvgIpc) is 2.69. The molecule has 0 bridgehead atoms. The van der Waals surface area contributed by atoms with E-state index < -0.39 is 0 Å². The summed E-state index contributed by atoms with van der Waals surface area (Å²) in [4.78, 5) is 7.90. The van der Waals surface area contributed by atoms with Gasteiger partial charge >= 0.3 is 0 Å². The monoisotopic (exact) mass is 215 g/mol. The van der Waals surface area contributed by atoms with Crippen LogP contribution in [0, 0.1) is 6.92 Å². The average molecular weight is 215 g/mol. The van der Waals surface area contributed by atoms with Crippen molar-refractivity contribution >= 4 is 0 Å². The Labute approximate surface area is 95.9 Å². The molecule has 1 aromatic carbocycles. The number of rotatable bonds is 4. The minimum absolute atomic E-state index is 0.796. The van der Waals surface area contributed by atoms with Gasteiger partial charge in [-0.3, -0.25) is 0 Å². The van der Waals surface area contributed by atoms with Crippen molar-refractivity contribution in [2.24, 2.45) is 0 Å². The zero-order chi connectivity index (χ0) is 11.4. The van der Waals surface area contributed by atoms with Crippen LogP contribution >= 0.6 is 0 Å². The Balaban J connectivity index is 2.25. The summed E-state index contributed by atoms with van der Waals surface area (Å²) in [6.45, 7) is 5.91. The van der Waals surface area contributed by atoms with Crippen molar-refractivity contribution in [2.75, 3.05) is 6.54 Å². The SMILES string of the molecule is CCNCc1nc(-c2ccccc2)c(C)[nH]1. The maximum absolute atomic E-state index is 4.60. The maximum atomic E-state index is 4.60. The van der Waals surface area contributed by atoms with Crippen molar-refractivity contribution in [3.8, 4) is 11.3 Å². The first kappa shape index (κ1) is 10.9. The first-order valence-electron chi connectivity index (χ1n) is 5.63. The molecular weight excluding hydrogens is 198 g/mol. The van der Waals surface area contributed by atoms with Gasteiger partial charge in [0.05, 0.1) is 12.2 Å². The standard InChI is InChI=1S/C13H17N3/c1-3-14-9-12-15-10(2)13(16-12)11-7-5-4-6-8-11/h4-8,14H,3,9H2,1-2H3,(H,15,16). The summed E-state index contributed by atoms with van der Waals surface area (Å²) in [6, 6.07) is 10.3. The van der Waals surface area contributed by atoms with Gasteiger partial charge in [-0.15, -0.1) is 0 Å². The highest BCUT2D eigenvalue weighted by molar-refractivity contribution is 5.61. The molecule has 0 saturated heterocycles. The summed E-state index contributed by atoms with van der Waals surface area (Å²) in [5, 5.41) is 3.26. The van der Waals surface area contributed by atoms with Crippen LogP contribution in [-0.4, -0.2) is 16.5 Å². The molecule has 0 saturated carbocycles. The number of aromatic nitrogens is 2. The van der Waals surface area contributed by atoms with Crippen molar-refractivity contribution in [3.05, 3.63) is 41.9 Å². The van der Waals surface area contributed by atoms with E-state index in [1.165, 1.54) is 5.56 Å². The number of hydrogen-bond acceptors (Lipinski definition) is 2. The Morgan fingerprint density at radius 3 is 2.69 bits per heavy atom. The normalized spacial score (nSPS) is 10.6. The molecule has 0 fully saturated rings. The predicted molar refractivity (Wildman–Crippen MR) is 66.1 cm³/mol. The number of nitrogens with one attached hydrogen (secondary N) is 2. The third-order valence-electron chi connectivity index (χ3n) is 2.52. The Bertz CT molecular complexity index is 445. The van der Waals surface area contributed by atoms with Gasteiger partial charge in [-0.25, -0.2) is 4.98 Å². The van der Waals surface area contributed by atoms with Crippen LogP contribution in [0.15, 0.2) is 30.3 Å². The van der Waals surface area contributed by atoms with Crippen LogP contribution in [0.4, 0.5) is 0 Å². The van der Waals surface area contributed by atoms with E-state index in [1.807, 2.05) is 18.2 Å². The maximum Gasteiger partial charge on any atom is 0.121 e. The summed E-state index contributed by atoms with van der Waals surface area (Å²) in [5.74, 6) is 0.998. The van der Waals surface area contributed by atoms with Gasteiger partial charge in [0.25, 0.3) is 0 Å².